The number of fused-ring (bicyclic) bond motifs is 8. The summed E-state index contributed by atoms with van der Waals surface area (Å²) in [5, 5.41) is 10.8. The molecule has 3 aromatic carbocycles. The summed E-state index contributed by atoms with van der Waals surface area (Å²) in [5.41, 5.74) is 7.00. The first kappa shape index (κ1) is 19.2. The third-order valence-corrected chi connectivity index (χ3v) is 8.04. The van der Waals surface area contributed by atoms with E-state index in [1.54, 1.807) is 12.1 Å². The fraction of sp³-hybridized carbons (Fsp3) is 0.357. The number of likely N-dealkylation sites (tertiary alicyclic amines) is 1. The van der Waals surface area contributed by atoms with Crippen LogP contribution in [0.1, 0.15) is 59.1 Å². The summed E-state index contributed by atoms with van der Waals surface area (Å²) in [4.78, 5) is 2.61. The molecule has 31 heavy (non-hydrogen) atoms. The first-order chi connectivity index (χ1) is 15.2. The van der Waals surface area contributed by atoms with Gasteiger partial charge in [0.2, 0.25) is 0 Å². The van der Waals surface area contributed by atoms with Gasteiger partial charge in [0.1, 0.15) is 5.82 Å². The van der Waals surface area contributed by atoms with Gasteiger partial charge in [-0.25, -0.2) is 4.39 Å². The average Bonchev–Trinajstić information content (AvgIpc) is 3.32. The fourth-order valence-electron chi connectivity index (χ4n) is 6.55. The summed E-state index contributed by atoms with van der Waals surface area (Å²) < 4.78 is 13.2. The van der Waals surface area contributed by atoms with Crippen molar-refractivity contribution in [1.82, 2.24) is 4.90 Å². The predicted octanol–water partition coefficient (Wildman–Crippen LogP) is 5.41. The Labute approximate surface area is 183 Å². The van der Waals surface area contributed by atoms with Gasteiger partial charge in [-0.05, 0) is 78.2 Å². The third kappa shape index (κ3) is 2.98. The summed E-state index contributed by atoms with van der Waals surface area (Å²) in [7, 11) is 0. The Hall–Kier alpha value is -2.49. The molecule has 0 aromatic heterocycles. The van der Waals surface area contributed by atoms with Crippen molar-refractivity contribution in [3.8, 4) is 0 Å². The van der Waals surface area contributed by atoms with Crippen LogP contribution in [-0.4, -0.2) is 29.6 Å². The Kier molecular flexibility index (Phi) is 4.52. The van der Waals surface area contributed by atoms with Crippen molar-refractivity contribution in [2.45, 2.75) is 36.7 Å². The molecule has 1 fully saturated rings. The molecule has 0 radical (unpaired) electrons. The number of aliphatic hydroxyl groups is 1. The highest BCUT2D eigenvalue weighted by Crippen LogP contribution is 2.60. The summed E-state index contributed by atoms with van der Waals surface area (Å²) in [6.45, 7) is 3.05. The lowest BCUT2D eigenvalue weighted by Gasteiger charge is -2.40. The van der Waals surface area contributed by atoms with E-state index in [-0.39, 0.29) is 17.2 Å². The zero-order valence-electron chi connectivity index (χ0n) is 17.7. The maximum Gasteiger partial charge on any atom is 0.123 e. The maximum atomic E-state index is 13.2. The largest absolute Gasteiger partial charge is 0.388 e. The molecule has 158 valence electrons. The van der Waals surface area contributed by atoms with Gasteiger partial charge in [-0.2, -0.15) is 0 Å². The van der Waals surface area contributed by atoms with E-state index in [4.69, 9.17) is 0 Å². The summed E-state index contributed by atoms with van der Waals surface area (Å²) >= 11 is 0. The number of aliphatic hydroxyl groups excluding tert-OH is 1. The number of hydrogen-bond donors (Lipinski definition) is 1. The van der Waals surface area contributed by atoms with Crippen LogP contribution in [0, 0.1) is 11.7 Å². The van der Waals surface area contributed by atoms with E-state index in [9.17, 15) is 9.50 Å². The molecule has 0 unspecified atom stereocenters. The molecule has 2 nitrogen and oxygen atoms in total. The summed E-state index contributed by atoms with van der Waals surface area (Å²) in [6.07, 6.45) is 2.62. The Morgan fingerprint density at radius 1 is 0.871 bits per heavy atom. The van der Waals surface area contributed by atoms with Crippen LogP contribution >= 0.6 is 0 Å². The fourth-order valence-corrected chi connectivity index (χ4v) is 6.55. The smallest absolute Gasteiger partial charge is 0.123 e. The second-order valence-electron chi connectivity index (χ2n) is 9.62. The van der Waals surface area contributed by atoms with Gasteiger partial charge in [-0.3, -0.25) is 0 Å². The zero-order chi connectivity index (χ0) is 21.0. The molecule has 3 heteroatoms. The number of halogens is 1. The van der Waals surface area contributed by atoms with Crippen molar-refractivity contribution in [3.63, 3.8) is 0 Å². The topological polar surface area (TPSA) is 23.5 Å². The minimum atomic E-state index is -0.510. The van der Waals surface area contributed by atoms with Gasteiger partial charge >= 0.3 is 0 Å². The zero-order valence-corrected chi connectivity index (χ0v) is 17.7. The Morgan fingerprint density at radius 2 is 1.45 bits per heavy atom. The molecule has 1 aliphatic heterocycles. The normalized spacial score (nSPS) is 25.9. The van der Waals surface area contributed by atoms with E-state index in [0.29, 0.717) is 5.92 Å². The highest BCUT2D eigenvalue weighted by atomic mass is 19.1. The van der Waals surface area contributed by atoms with E-state index < -0.39 is 6.10 Å². The van der Waals surface area contributed by atoms with Gasteiger partial charge in [0.25, 0.3) is 0 Å². The highest BCUT2D eigenvalue weighted by Gasteiger charge is 2.53. The lowest BCUT2D eigenvalue weighted by Crippen LogP contribution is -2.44. The van der Waals surface area contributed by atoms with Gasteiger partial charge in [0.15, 0.2) is 0 Å². The molecule has 2 bridgehead atoms. The molecule has 6 rings (SSSR count). The predicted molar refractivity (Wildman–Crippen MR) is 121 cm³/mol. The van der Waals surface area contributed by atoms with Crippen molar-refractivity contribution in [3.05, 3.63) is 106 Å². The van der Waals surface area contributed by atoms with E-state index in [0.717, 1.165) is 38.0 Å². The Balaban J connectivity index is 1.21. The molecule has 2 aliphatic carbocycles. The second kappa shape index (κ2) is 7.29. The highest BCUT2D eigenvalue weighted by molar-refractivity contribution is 5.62. The lowest BCUT2D eigenvalue weighted by molar-refractivity contribution is 0.0540. The van der Waals surface area contributed by atoms with Crippen molar-refractivity contribution in [2.75, 3.05) is 19.6 Å². The van der Waals surface area contributed by atoms with Crippen LogP contribution < -0.4 is 0 Å². The molecule has 1 saturated heterocycles. The average molecular weight is 414 g/mol. The van der Waals surface area contributed by atoms with Crippen LogP contribution in [0.25, 0.3) is 0 Å². The van der Waals surface area contributed by atoms with Gasteiger partial charge < -0.3 is 10.0 Å². The molecule has 3 aliphatic rings. The third-order valence-electron chi connectivity index (χ3n) is 8.04. The van der Waals surface area contributed by atoms with Crippen molar-refractivity contribution in [1.29, 1.82) is 0 Å². The van der Waals surface area contributed by atoms with E-state index in [1.807, 2.05) is 0 Å². The summed E-state index contributed by atoms with van der Waals surface area (Å²) in [6, 6.07) is 24.4. The quantitative estimate of drug-likeness (QED) is 0.619. The minimum Gasteiger partial charge on any atom is -0.388 e. The van der Waals surface area contributed by atoms with Crippen LogP contribution in [-0.2, 0) is 5.41 Å². The first-order valence-electron chi connectivity index (χ1n) is 11.5. The molecule has 3 aromatic rings. The first-order valence-corrected chi connectivity index (χ1v) is 11.5. The second-order valence-corrected chi connectivity index (χ2v) is 9.62. The van der Waals surface area contributed by atoms with Crippen LogP contribution in [0.2, 0.25) is 0 Å². The Morgan fingerprint density at radius 3 is 2.06 bits per heavy atom. The van der Waals surface area contributed by atoms with Gasteiger partial charge in [0.05, 0.1) is 6.10 Å². The van der Waals surface area contributed by atoms with Crippen molar-refractivity contribution >= 4 is 0 Å². The molecule has 0 spiro atoms. The van der Waals surface area contributed by atoms with E-state index in [1.165, 1.54) is 40.8 Å². The van der Waals surface area contributed by atoms with Crippen molar-refractivity contribution < 1.29 is 9.50 Å². The van der Waals surface area contributed by atoms with Gasteiger partial charge in [-0.1, -0.05) is 60.7 Å². The summed E-state index contributed by atoms with van der Waals surface area (Å²) in [5.74, 6) is 0.515. The molecule has 1 heterocycles. The number of rotatable bonds is 4. The van der Waals surface area contributed by atoms with Crippen LogP contribution in [0.3, 0.4) is 0 Å². The van der Waals surface area contributed by atoms with Crippen LogP contribution in [0.5, 0.6) is 0 Å². The van der Waals surface area contributed by atoms with Gasteiger partial charge in [0, 0.05) is 17.9 Å². The lowest BCUT2D eigenvalue weighted by atomic mass is 9.74. The van der Waals surface area contributed by atoms with E-state index >= 15 is 0 Å². The molecular weight excluding hydrogens is 385 g/mol. The van der Waals surface area contributed by atoms with Crippen LogP contribution in [0.15, 0.2) is 72.8 Å². The molecular formula is C28H28FNO. The maximum absolute atomic E-state index is 13.2. The van der Waals surface area contributed by atoms with Crippen LogP contribution in [0.4, 0.5) is 4.39 Å². The van der Waals surface area contributed by atoms with E-state index in [2.05, 4.69) is 53.4 Å². The number of benzene rings is 3. The molecule has 0 saturated carbocycles. The molecule has 0 amide bonds. The Bertz CT molecular complexity index is 1050. The molecule has 1 atom stereocenters. The standard InChI is InChI=1S/C28H28FNO/c29-21-11-9-19(10-12-21)27(31)20-13-15-30(16-14-20)18-28-17-24(22-5-1-3-7-25(22)28)23-6-2-4-8-26(23)28/h1-12,20,24,27,31H,13-18H2/t24?,27-,28?/m1/s1. The number of hydrogen-bond acceptors (Lipinski definition) is 2. The number of piperidine rings is 1. The monoisotopic (exact) mass is 413 g/mol. The number of nitrogens with zero attached hydrogens (tertiary/aromatic N) is 1. The van der Waals surface area contributed by atoms with Crippen molar-refractivity contribution in [2.24, 2.45) is 5.92 Å². The SMILES string of the molecule is O[C@H](c1ccc(F)cc1)C1CCN(CC23CC(c4ccccc42)c2ccccc23)CC1. The molecule has 1 N–H and O–H groups in total. The van der Waals surface area contributed by atoms with Gasteiger partial charge in [-0.15, -0.1) is 0 Å². The minimum absolute atomic E-state index is 0.0975.